The molecule has 0 spiro atoms. The predicted octanol–water partition coefficient (Wildman–Crippen LogP) is 4.22. The topological polar surface area (TPSA) is 88.6 Å². The summed E-state index contributed by atoms with van der Waals surface area (Å²) in [6.45, 7) is 4.15. The van der Waals surface area contributed by atoms with Crippen molar-refractivity contribution in [2.45, 2.75) is 25.2 Å². The van der Waals surface area contributed by atoms with Crippen molar-refractivity contribution in [3.8, 4) is 11.5 Å². The van der Waals surface area contributed by atoms with Crippen molar-refractivity contribution in [2.24, 2.45) is 0 Å². The van der Waals surface area contributed by atoms with Crippen LogP contribution in [0, 0.1) is 0 Å². The largest absolute Gasteiger partial charge is 0.453 e. The maximum Gasteiger partial charge on any atom is 0.263 e. The Morgan fingerprint density at radius 3 is 2.60 bits per heavy atom. The van der Waals surface area contributed by atoms with Crippen molar-refractivity contribution < 1.29 is 17.9 Å². The van der Waals surface area contributed by atoms with Crippen molar-refractivity contribution in [3.63, 3.8) is 0 Å². The van der Waals surface area contributed by atoms with Gasteiger partial charge in [0.1, 0.15) is 5.75 Å². The zero-order valence-electron chi connectivity index (χ0n) is 16.6. The van der Waals surface area contributed by atoms with Crippen LogP contribution < -0.4 is 14.4 Å². The van der Waals surface area contributed by atoms with Gasteiger partial charge in [-0.05, 0) is 55.3 Å². The van der Waals surface area contributed by atoms with Gasteiger partial charge in [-0.25, -0.2) is 13.4 Å². The summed E-state index contributed by atoms with van der Waals surface area (Å²) >= 11 is 0. The first kappa shape index (κ1) is 19.9. The number of carbonyl (C=O) groups excluding carboxylic acids is 1. The number of rotatable bonds is 5. The first-order valence-electron chi connectivity index (χ1n) is 9.64. The van der Waals surface area contributed by atoms with Gasteiger partial charge >= 0.3 is 0 Å². The number of hydrogen-bond acceptors (Lipinski definition) is 5. The average molecular weight is 423 g/mol. The Morgan fingerprint density at radius 1 is 1.03 bits per heavy atom. The number of sulfonamides is 1. The molecule has 0 atom stereocenters. The zero-order chi connectivity index (χ0) is 21.3. The van der Waals surface area contributed by atoms with E-state index in [0.29, 0.717) is 30.2 Å². The first-order chi connectivity index (χ1) is 14.4. The molecule has 2 aromatic carbocycles. The summed E-state index contributed by atoms with van der Waals surface area (Å²) in [5.41, 5.74) is 1.57. The summed E-state index contributed by atoms with van der Waals surface area (Å²) in [6.07, 6.45) is 2.27. The molecule has 8 heteroatoms. The first-order valence-corrected chi connectivity index (χ1v) is 11.1. The normalized spacial score (nSPS) is 13.1. The number of hydrogen-bond donors (Lipinski definition) is 1. The number of fused-ring (bicyclic) bond motifs is 2. The maximum atomic E-state index is 13.2. The van der Waals surface area contributed by atoms with Crippen LogP contribution in [-0.4, -0.2) is 25.9 Å². The molecule has 154 valence electrons. The monoisotopic (exact) mass is 423 g/mol. The Labute approximate surface area is 175 Å². The van der Waals surface area contributed by atoms with Gasteiger partial charge in [0.2, 0.25) is 0 Å². The molecule has 1 aliphatic rings. The van der Waals surface area contributed by atoms with Crippen LogP contribution in [0.15, 0.2) is 65.7 Å². The number of aryl methyl sites for hydroxylation is 1. The number of nitrogens with one attached hydrogen (secondary N) is 1. The van der Waals surface area contributed by atoms with Crippen molar-refractivity contribution in [1.82, 2.24) is 4.98 Å². The minimum absolute atomic E-state index is 0.0147. The summed E-state index contributed by atoms with van der Waals surface area (Å²) in [6, 6.07) is 14.9. The molecule has 1 N–H and O–H groups in total. The zero-order valence-corrected chi connectivity index (χ0v) is 17.4. The molecule has 1 aliphatic heterocycles. The molecule has 0 fully saturated rings. The second-order valence-corrected chi connectivity index (χ2v) is 8.43. The summed E-state index contributed by atoms with van der Waals surface area (Å²) in [4.78, 5) is 18.9. The minimum atomic E-state index is -3.90. The van der Waals surface area contributed by atoms with Crippen LogP contribution in [0.3, 0.4) is 0 Å². The smallest absolute Gasteiger partial charge is 0.263 e. The van der Waals surface area contributed by atoms with Crippen LogP contribution in [-0.2, 0) is 16.4 Å². The number of nitrogens with zero attached hydrogens (tertiary/aromatic N) is 2. The van der Waals surface area contributed by atoms with Gasteiger partial charge in [-0.15, -0.1) is 0 Å². The second kappa shape index (κ2) is 7.79. The lowest BCUT2D eigenvalue weighted by Gasteiger charge is -2.18. The lowest BCUT2D eigenvalue weighted by atomic mass is 10.1. The Bertz CT molecular complexity index is 1220. The number of aromatic nitrogens is 1. The summed E-state index contributed by atoms with van der Waals surface area (Å²) in [7, 11) is -3.90. The van der Waals surface area contributed by atoms with Gasteiger partial charge in [0.25, 0.3) is 15.9 Å². The van der Waals surface area contributed by atoms with Gasteiger partial charge in [-0.3, -0.25) is 14.4 Å². The van der Waals surface area contributed by atoms with E-state index >= 15 is 0 Å². The van der Waals surface area contributed by atoms with Crippen LogP contribution in [0.4, 0.5) is 11.5 Å². The van der Waals surface area contributed by atoms with E-state index in [1.54, 1.807) is 30.5 Å². The van der Waals surface area contributed by atoms with E-state index in [-0.39, 0.29) is 22.1 Å². The van der Waals surface area contributed by atoms with Crippen LogP contribution >= 0.6 is 0 Å². The molecule has 4 rings (SSSR count). The number of ether oxygens (including phenoxy) is 1. The second-order valence-electron chi connectivity index (χ2n) is 6.75. The van der Waals surface area contributed by atoms with Crippen molar-refractivity contribution >= 4 is 27.4 Å². The fraction of sp³-hybridized carbons (Fsp3) is 0.182. The fourth-order valence-corrected chi connectivity index (χ4v) is 4.51. The van der Waals surface area contributed by atoms with E-state index in [0.717, 1.165) is 5.56 Å². The maximum absolute atomic E-state index is 13.2. The molecule has 3 aromatic rings. The number of para-hydroxylation sites is 1. The number of pyridine rings is 1. The van der Waals surface area contributed by atoms with E-state index < -0.39 is 10.0 Å². The molecule has 0 aliphatic carbocycles. The molecular formula is C22H21N3O4S. The molecule has 2 heterocycles. The number of anilines is 2. The van der Waals surface area contributed by atoms with Gasteiger partial charge in [0.15, 0.2) is 11.6 Å². The van der Waals surface area contributed by atoms with E-state index in [1.165, 1.54) is 23.1 Å². The van der Waals surface area contributed by atoms with Crippen molar-refractivity contribution in [3.05, 3.63) is 71.9 Å². The summed E-state index contributed by atoms with van der Waals surface area (Å²) in [5, 5.41) is 0. The van der Waals surface area contributed by atoms with E-state index in [2.05, 4.69) is 9.71 Å². The number of carbonyl (C=O) groups is 1. The van der Waals surface area contributed by atoms with Gasteiger partial charge in [-0.2, -0.15) is 0 Å². The molecule has 0 radical (unpaired) electrons. The molecule has 0 saturated heterocycles. The van der Waals surface area contributed by atoms with Crippen LogP contribution in [0.1, 0.15) is 29.8 Å². The highest BCUT2D eigenvalue weighted by molar-refractivity contribution is 7.92. The van der Waals surface area contributed by atoms with Crippen LogP contribution in [0.2, 0.25) is 0 Å². The van der Waals surface area contributed by atoms with E-state index in [1.807, 2.05) is 26.0 Å². The van der Waals surface area contributed by atoms with Gasteiger partial charge in [-0.1, -0.05) is 25.1 Å². The van der Waals surface area contributed by atoms with E-state index in [4.69, 9.17) is 4.74 Å². The van der Waals surface area contributed by atoms with Crippen molar-refractivity contribution in [1.29, 1.82) is 0 Å². The Hall–Kier alpha value is -3.39. The lowest BCUT2D eigenvalue weighted by Crippen LogP contribution is -2.30. The molecule has 7 nitrogen and oxygen atoms in total. The average Bonchev–Trinajstić information content (AvgIpc) is 2.87. The molecule has 1 amide bonds. The highest BCUT2D eigenvalue weighted by Crippen LogP contribution is 2.38. The fourth-order valence-electron chi connectivity index (χ4n) is 3.38. The molecule has 0 saturated carbocycles. The molecule has 0 unspecified atom stereocenters. The highest BCUT2D eigenvalue weighted by Gasteiger charge is 2.30. The molecule has 1 aromatic heterocycles. The van der Waals surface area contributed by atoms with Gasteiger partial charge in [0.05, 0.1) is 16.1 Å². The lowest BCUT2D eigenvalue weighted by molar-refractivity contribution is 0.0987. The summed E-state index contributed by atoms with van der Waals surface area (Å²) in [5.74, 6) is 0.770. The third kappa shape index (κ3) is 3.50. The van der Waals surface area contributed by atoms with Crippen LogP contribution in [0.25, 0.3) is 0 Å². The summed E-state index contributed by atoms with van der Waals surface area (Å²) < 4.78 is 34.6. The highest BCUT2D eigenvalue weighted by atomic mass is 32.2. The number of amides is 1. The Balaban J connectivity index is 1.76. The Morgan fingerprint density at radius 2 is 1.83 bits per heavy atom. The number of benzene rings is 2. The molecule has 0 bridgehead atoms. The minimum Gasteiger partial charge on any atom is -0.453 e. The molecular weight excluding hydrogens is 402 g/mol. The Kier molecular flexibility index (Phi) is 5.17. The predicted molar refractivity (Wildman–Crippen MR) is 115 cm³/mol. The van der Waals surface area contributed by atoms with Gasteiger partial charge in [0, 0.05) is 12.7 Å². The quantitative estimate of drug-likeness (QED) is 0.664. The SMILES string of the molecule is CCc1ccccc1NS(=O)(=O)c1ccc2c(c1)C(=O)N(CC)c1ncccc1O2. The third-order valence-electron chi connectivity index (χ3n) is 4.92. The van der Waals surface area contributed by atoms with E-state index in [9.17, 15) is 13.2 Å². The van der Waals surface area contributed by atoms with Gasteiger partial charge < -0.3 is 4.74 Å². The third-order valence-corrected chi connectivity index (χ3v) is 6.29. The van der Waals surface area contributed by atoms with Crippen LogP contribution in [0.5, 0.6) is 11.5 Å². The molecule has 30 heavy (non-hydrogen) atoms. The van der Waals surface area contributed by atoms with Crippen molar-refractivity contribution in [2.75, 3.05) is 16.2 Å². The standard InChI is InChI=1S/C22H21N3O4S/c1-3-15-8-5-6-9-18(15)24-30(27,28)16-11-12-19-17(14-16)22(26)25(4-2)21-20(29-19)10-7-13-23-21/h5-14,24H,3-4H2,1-2H3.